The molecule has 0 aliphatic carbocycles. The monoisotopic (exact) mass is 860 g/mol. The van der Waals surface area contributed by atoms with Gasteiger partial charge in [-0.15, -0.1) is 4.40 Å². The Morgan fingerprint density at radius 2 is 1.57 bits per heavy atom. The molecule has 3 N–H and O–H groups in total. The molecule has 0 bridgehead atoms. The number of aromatic nitrogens is 1. The number of aromatic amines is 1. The van der Waals surface area contributed by atoms with Gasteiger partial charge in [0.25, 0.3) is 10.0 Å². The number of rotatable bonds is 12. The first-order chi connectivity index (χ1) is 24.6. The van der Waals surface area contributed by atoms with Gasteiger partial charge in [0.15, 0.2) is 0 Å². The largest absolute Gasteiger partial charge is 0.361 e. The first-order valence-electron chi connectivity index (χ1n) is 16.9. The number of halogens is 4. The lowest BCUT2D eigenvalue weighted by Crippen LogP contribution is -2.56. The van der Waals surface area contributed by atoms with E-state index < -0.39 is 10.0 Å². The number of nitrogens with two attached hydrogens (primary N) is 1. The zero-order valence-corrected chi connectivity index (χ0v) is 32.4. The summed E-state index contributed by atoms with van der Waals surface area (Å²) in [6.07, 6.45) is 4.79. The molecule has 1 aliphatic rings. The number of aryl methyl sites for hydroxylation is 1. The number of fused-ring (bicyclic) bond motifs is 1. The van der Waals surface area contributed by atoms with Crippen LogP contribution in [0, 0.1) is 5.82 Å². The first kappa shape index (κ1) is 37.6. The van der Waals surface area contributed by atoms with Gasteiger partial charge in [-0.3, -0.25) is 9.91 Å². The maximum Gasteiger partial charge on any atom is 0.285 e. The van der Waals surface area contributed by atoms with Crippen molar-refractivity contribution in [2.45, 2.75) is 34.0 Å². The summed E-state index contributed by atoms with van der Waals surface area (Å²) in [6, 6.07) is 28.7. The second-order valence-corrected chi connectivity index (χ2v) is 16.6. The summed E-state index contributed by atoms with van der Waals surface area (Å²) >= 11 is 14.7. The number of sulfonamides is 1. The van der Waals surface area contributed by atoms with E-state index in [0.717, 1.165) is 66.5 Å². The summed E-state index contributed by atoms with van der Waals surface area (Å²) in [4.78, 5) is 7.63. The molecule has 0 spiro atoms. The zero-order chi connectivity index (χ0) is 36.0. The molecule has 51 heavy (non-hydrogen) atoms. The second kappa shape index (κ2) is 17.1. The third-order valence-corrected chi connectivity index (χ3v) is 12.7. The number of hydrogen-bond donors (Lipinski definition) is 2. The van der Waals surface area contributed by atoms with Gasteiger partial charge < -0.3 is 9.88 Å². The molecule has 1 aliphatic heterocycles. The SMILES string of the molecule is NN(C[C@H](c1ccccc1)C(I)c1ccc(Cl)cc1)C(=NS(=O)(=O)c1ccc(Cl)cc1)N1CCN(CCCCc2c[nH]c3ccc(F)cc23)CC1. The highest BCUT2D eigenvalue weighted by atomic mass is 127. The maximum absolute atomic E-state index is 13.8. The molecule has 6 rings (SSSR count). The highest BCUT2D eigenvalue weighted by Gasteiger charge is 2.30. The van der Waals surface area contributed by atoms with E-state index >= 15 is 0 Å². The predicted molar refractivity (Wildman–Crippen MR) is 214 cm³/mol. The van der Waals surface area contributed by atoms with Gasteiger partial charge in [0.1, 0.15) is 5.82 Å². The molecular formula is C38H40Cl2FIN6O2S. The molecule has 1 fully saturated rings. The van der Waals surface area contributed by atoms with Crippen molar-refractivity contribution in [1.82, 2.24) is 19.8 Å². The molecule has 2 heterocycles. The standard InChI is InChI=1S/C38H40Cl2FIN6O2S/c39-30-11-9-28(10-12-30)37(42)35(27-6-2-1-3-7-27)26-48(43)38(45-51(49,50)33-16-13-31(40)14-17-33)47-22-20-46(21-23-47)19-5-4-8-29-25-44-36-18-15-32(41)24-34(29)36/h1-3,6-7,9-18,24-25,35,37,44H,4-5,8,19-23,26,43H2/t35-,37?/m1/s1. The number of unbranched alkanes of at least 4 members (excludes halogenated alkanes) is 1. The van der Waals surface area contributed by atoms with Crippen molar-refractivity contribution in [3.63, 3.8) is 0 Å². The van der Waals surface area contributed by atoms with Crippen LogP contribution in [0.3, 0.4) is 0 Å². The van der Waals surface area contributed by atoms with Crippen LogP contribution in [0.15, 0.2) is 113 Å². The molecule has 13 heteroatoms. The van der Waals surface area contributed by atoms with Crippen molar-refractivity contribution in [2.75, 3.05) is 39.3 Å². The van der Waals surface area contributed by atoms with Crippen molar-refractivity contribution in [1.29, 1.82) is 0 Å². The van der Waals surface area contributed by atoms with E-state index in [2.05, 4.69) is 49.0 Å². The Balaban J connectivity index is 1.17. The lowest BCUT2D eigenvalue weighted by molar-refractivity contribution is 0.165. The number of guanidine groups is 1. The molecule has 1 aromatic heterocycles. The normalized spacial score (nSPS) is 15.6. The molecule has 4 aromatic carbocycles. The van der Waals surface area contributed by atoms with E-state index in [1.54, 1.807) is 12.1 Å². The van der Waals surface area contributed by atoms with Crippen molar-refractivity contribution in [3.8, 4) is 0 Å². The number of nitrogens with one attached hydrogen (secondary N) is 1. The number of hydrazine groups is 1. The Bertz CT molecular complexity index is 2040. The minimum atomic E-state index is -4.11. The minimum absolute atomic E-state index is 0.00238. The van der Waals surface area contributed by atoms with E-state index in [-0.39, 0.29) is 26.5 Å². The van der Waals surface area contributed by atoms with E-state index in [1.165, 1.54) is 35.3 Å². The highest BCUT2D eigenvalue weighted by Crippen LogP contribution is 2.39. The molecule has 0 radical (unpaired) electrons. The van der Waals surface area contributed by atoms with Crippen LogP contribution < -0.4 is 5.84 Å². The fourth-order valence-electron chi connectivity index (χ4n) is 6.48. The predicted octanol–water partition coefficient (Wildman–Crippen LogP) is 8.43. The van der Waals surface area contributed by atoms with Gasteiger partial charge in [0, 0.05) is 69.7 Å². The Morgan fingerprint density at radius 1 is 0.902 bits per heavy atom. The molecule has 0 saturated carbocycles. The number of alkyl halides is 1. The van der Waals surface area contributed by atoms with E-state index in [4.69, 9.17) is 29.0 Å². The van der Waals surface area contributed by atoms with Gasteiger partial charge in [-0.1, -0.05) is 88.3 Å². The summed E-state index contributed by atoms with van der Waals surface area (Å²) in [5.74, 6) is 6.75. The van der Waals surface area contributed by atoms with Crippen LogP contribution in [0.1, 0.15) is 39.4 Å². The Hall–Kier alpha value is -3.20. The van der Waals surface area contributed by atoms with E-state index in [1.807, 2.05) is 53.6 Å². The maximum atomic E-state index is 13.8. The number of nitrogens with zero attached hydrogens (tertiary/aromatic N) is 4. The van der Waals surface area contributed by atoms with Gasteiger partial charge in [-0.25, -0.2) is 10.2 Å². The fraction of sp³-hybridized carbons (Fsp3) is 0.289. The van der Waals surface area contributed by atoms with Crippen LogP contribution in [0.5, 0.6) is 0 Å². The summed E-state index contributed by atoms with van der Waals surface area (Å²) in [7, 11) is -4.11. The molecule has 2 atom stereocenters. The minimum Gasteiger partial charge on any atom is -0.361 e. The molecule has 268 valence electrons. The smallest absolute Gasteiger partial charge is 0.285 e. The average molecular weight is 862 g/mol. The van der Waals surface area contributed by atoms with Crippen molar-refractivity contribution in [3.05, 3.63) is 136 Å². The summed E-state index contributed by atoms with van der Waals surface area (Å²) < 4.78 is 45.6. The van der Waals surface area contributed by atoms with Crippen LogP contribution in [0.25, 0.3) is 10.9 Å². The van der Waals surface area contributed by atoms with Crippen LogP contribution in [0.2, 0.25) is 10.0 Å². The molecular weight excluding hydrogens is 821 g/mol. The van der Waals surface area contributed by atoms with Crippen molar-refractivity contribution < 1.29 is 12.8 Å². The number of benzene rings is 4. The number of piperazine rings is 1. The van der Waals surface area contributed by atoms with Crippen LogP contribution in [-0.2, 0) is 16.4 Å². The van der Waals surface area contributed by atoms with E-state index in [9.17, 15) is 12.8 Å². The average Bonchev–Trinajstić information content (AvgIpc) is 3.54. The molecule has 5 aromatic rings. The van der Waals surface area contributed by atoms with E-state index in [0.29, 0.717) is 29.7 Å². The van der Waals surface area contributed by atoms with Crippen LogP contribution in [-0.4, -0.2) is 73.4 Å². The second-order valence-electron chi connectivity index (χ2n) is 12.7. The van der Waals surface area contributed by atoms with Crippen molar-refractivity contribution >= 4 is 72.7 Å². The highest BCUT2D eigenvalue weighted by molar-refractivity contribution is 14.1. The summed E-state index contributed by atoms with van der Waals surface area (Å²) in [5, 5.41) is 3.52. The number of hydrogen-bond acceptors (Lipinski definition) is 4. The lowest BCUT2D eigenvalue weighted by Gasteiger charge is -2.39. The topological polar surface area (TPSA) is 98.0 Å². The van der Waals surface area contributed by atoms with Gasteiger partial charge in [-0.2, -0.15) is 8.42 Å². The summed E-state index contributed by atoms with van der Waals surface area (Å²) in [5.41, 5.74) is 4.23. The molecule has 8 nitrogen and oxygen atoms in total. The van der Waals surface area contributed by atoms with Gasteiger partial charge in [0.2, 0.25) is 5.96 Å². The fourth-order valence-corrected chi connectivity index (χ4v) is 8.81. The quantitative estimate of drug-likeness (QED) is 0.0249. The van der Waals surface area contributed by atoms with Crippen LogP contribution in [0.4, 0.5) is 4.39 Å². The van der Waals surface area contributed by atoms with Gasteiger partial charge in [-0.05, 0) is 97.1 Å². The van der Waals surface area contributed by atoms with Crippen LogP contribution >= 0.6 is 45.8 Å². The summed E-state index contributed by atoms with van der Waals surface area (Å²) in [6.45, 7) is 3.80. The Morgan fingerprint density at radius 3 is 2.25 bits per heavy atom. The van der Waals surface area contributed by atoms with Gasteiger partial charge in [0.05, 0.1) is 4.90 Å². The Kier molecular flexibility index (Phi) is 12.6. The lowest BCUT2D eigenvalue weighted by atomic mass is 9.91. The molecule has 1 saturated heterocycles. The third kappa shape index (κ3) is 9.62. The molecule has 0 amide bonds. The first-order valence-corrected chi connectivity index (χ1v) is 20.3. The van der Waals surface area contributed by atoms with Gasteiger partial charge >= 0.3 is 0 Å². The third-order valence-electron chi connectivity index (χ3n) is 9.29. The van der Waals surface area contributed by atoms with Crippen molar-refractivity contribution in [2.24, 2.45) is 10.2 Å². The number of H-pyrrole nitrogens is 1. The zero-order valence-electron chi connectivity index (χ0n) is 27.9. The molecule has 1 unspecified atom stereocenters. The Labute approximate surface area is 322 Å².